The second-order valence-electron chi connectivity index (χ2n) is 6.47. The summed E-state index contributed by atoms with van der Waals surface area (Å²) < 4.78 is 1.06. The fourth-order valence-electron chi connectivity index (χ4n) is 2.73. The molecule has 1 amide bonds. The predicted molar refractivity (Wildman–Crippen MR) is 113 cm³/mol. The molecule has 7 heteroatoms. The van der Waals surface area contributed by atoms with E-state index in [1.807, 2.05) is 55.6 Å². The van der Waals surface area contributed by atoms with Gasteiger partial charge in [0.05, 0.1) is 16.6 Å². The lowest BCUT2D eigenvalue weighted by Gasteiger charge is -2.20. The number of carbonyl (C=O) groups is 1. The van der Waals surface area contributed by atoms with Crippen LogP contribution in [0.25, 0.3) is 10.2 Å². The van der Waals surface area contributed by atoms with Gasteiger partial charge in [0.1, 0.15) is 0 Å². The molecule has 0 spiro atoms. The minimum absolute atomic E-state index is 0.0917. The summed E-state index contributed by atoms with van der Waals surface area (Å²) in [6.45, 7) is 3.56. The molecule has 0 N–H and O–H groups in total. The Labute approximate surface area is 167 Å². The van der Waals surface area contributed by atoms with Gasteiger partial charge in [0, 0.05) is 16.4 Å². The SMILES string of the molecule is Cc1c(Cl)ccc2sc(N(CCCN(C)C)C(=O)Cc3cccs3)nc12. The highest BCUT2D eigenvalue weighted by molar-refractivity contribution is 7.22. The van der Waals surface area contributed by atoms with Crippen LogP contribution in [0.4, 0.5) is 5.13 Å². The zero-order chi connectivity index (χ0) is 18.7. The van der Waals surface area contributed by atoms with E-state index in [4.69, 9.17) is 16.6 Å². The van der Waals surface area contributed by atoms with Gasteiger partial charge < -0.3 is 4.90 Å². The minimum atomic E-state index is 0.0917. The monoisotopic (exact) mass is 407 g/mol. The van der Waals surface area contributed by atoms with Crippen LogP contribution in [-0.4, -0.2) is 43.0 Å². The van der Waals surface area contributed by atoms with Gasteiger partial charge in [-0.15, -0.1) is 11.3 Å². The first-order chi connectivity index (χ1) is 12.5. The molecule has 0 atom stereocenters. The van der Waals surface area contributed by atoms with Crippen molar-refractivity contribution in [2.75, 3.05) is 32.1 Å². The summed E-state index contributed by atoms with van der Waals surface area (Å²) in [4.78, 5) is 22.8. The Hall–Kier alpha value is -1.47. The van der Waals surface area contributed by atoms with Crippen LogP contribution in [0.2, 0.25) is 5.02 Å². The molecule has 0 saturated carbocycles. The number of anilines is 1. The van der Waals surface area contributed by atoms with Gasteiger partial charge in [0.15, 0.2) is 5.13 Å². The van der Waals surface area contributed by atoms with E-state index < -0.39 is 0 Å². The minimum Gasteiger partial charge on any atom is -0.309 e. The van der Waals surface area contributed by atoms with Crippen molar-refractivity contribution < 1.29 is 4.79 Å². The maximum Gasteiger partial charge on any atom is 0.234 e. The van der Waals surface area contributed by atoms with E-state index in [9.17, 15) is 4.79 Å². The molecular weight excluding hydrogens is 386 g/mol. The van der Waals surface area contributed by atoms with Gasteiger partial charge in [0.25, 0.3) is 0 Å². The summed E-state index contributed by atoms with van der Waals surface area (Å²) in [5.41, 5.74) is 1.85. The molecule has 138 valence electrons. The van der Waals surface area contributed by atoms with Crippen LogP contribution in [-0.2, 0) is 11.2 Å². The number of carbonyl (C=O) groups excluding carboxylic acids is 1. The molecule has 0 bridgehead atoms. The Morgan fingerprint density at radius 1 is 1.23 bits per heavy atom. The molecule has 3 aromatic rings. The van der Waals surface area contributed by atoms with Crippen LogP contribution in [0, 0.1) is 6.92 Å². The molecule has 0 aliphatic carbocycles. The summed E-state index contributed by atoms with van der Waals surface area (Å²) in [6.07, 6.45) is 1.31. The van der Waals surface area contributed by atoms with Crippen molar-refractivity contribution in [3.05, 3.63) is 45.1 Å². The lowest BCUT2D eigenvalue weighted by molar-refractivity contribution is -0.118. The third-order valence-corrected chi connectivity index (χ3v) is 6.49. The van der Waals surface area contributed by atoms with Crippen molar-refractivity contribution in [2.45, 2.75) is 19.8 Å². The summed E-state index contributed by atoms with van der Waals surface area (Å²) >= 11 is 9.40. The summed E-state index contributed by atoms with van der Waals surface area (Å²) in [7, 11) is 4.09. The number of rotatable bonds is 7. The maximum absolute atomic E-state index is 13.0. The lowest BCUT2D eigenvalue weighted by atomic mass is 10.2. The molecule has 0 fully saturated rings. The van der Waals surface area contributed by atoms with Crippen molar-refractivity contribution in [1.82, 2.24) is 9.88 Å². The van der Waals surface area contributed by atoms with E-state index in [0.29, 0.717) is 18.0 Å². The smallest absolute Gasteiger partial charge is 0.234 e. The lowest BCUT2D eigenvalue weighted by Crippen LogP contribution is -2.34. The summed E-state index contributed by atoms with van der Waals surface area (Å²) in [5, 5.41) is 3.46. The molecular formula is C19H22ClN3OS2. The van der Waals surface area contributed by atoms with E-state index in [0.717, 1.165) is 38.8 Å². The highest BCUT2D eigenvalue weighted by Crippen LogP contribution is 2.34. The van der Waals surface area contributed by atoms with Crippen molar-refractivity contribution in [1.29, 1.82) is 0 Å². The number of amides is 1. The van der Waals surface area contributed by atoms with Crippen LogP contribution in [0.5, 0.6) is 0 Å². The average Bonchev–Trinajstić information content (AvgIpc) is 3.24. The summed E-state index contributed by atoms with van der Waals surface area (Å²) in [5.74, 6) is 0.0917. The first-order valence-electron chi connectivity index (χ1n) is 8.49. The average molecular weight is 408 g/mol. The Kier molecular flexibility index (Phi) is 6.29. The topological polar surface area (TPSA) is 36.4 Å². The molecule has 2 heterocycles. The van der Waals surface area contributed by atoms with Crippen LogP contribution < -0.4 is 4.90 Å². The number of thiophene rings is 1. The second-order valence-corrected chi connectivity index (χ2v) is 8.92. The predicted octanol–water partition coefficient (Wildman–Crippen LogP) is 4.85. The number of nitrogens with zero attached hydrogens (tertiary/aromatic N) is 3. The number of aryl methyl sites for hydroxylation is 1. The third kappa shape index (κ3) is 4.43. The molecule has 0 aliphatic rings. The molecule has 26 heavy (non-hydrogen) atoms. The normalized spacial score (nSPS) is 11.4. The van der Waals surface area contributed by atoms with Crippen molar-refractivity contribution in [3.8, 4) is 0 Å². The zero-order valence-corrected chi connectivity index (χ0v) is 17.5. The van der Waals surface area contributed by atoms with Crippen molar-refractivity contribution in [2.24, 2.45) is 0 Å². The van der Waals surface area contributed by atoms with E-state index in [-0.39, 0.29) is 5.91 Å². The first-order valence-corrected chi connectivity index (χ1v) is 10.6. The van der Waals surface area contributed by atoms with Gasteiger partial charge >= 0.3 is 0 Å². The fourth-order valence-corrected chi connectivity index (χ4v) is 4.65. The Balaban J connectivity index is 1.88. The third-order valence-electron chi connectivity index (χ3n) is 4.16. The summed E-state index contributed by atoms with van der Waals surface area (Å²) in [6, 6.07) is 7.86. The van der Waals surface area contributed by atoms with E-state index in [2.05, 4.69) is 4.90 Å². The number of hydrogen-bond donors (Lipinski definition) is 0. The number of hydrogen-bond acceptors (Lipinski definition) is 5. The number of halogens is 1. The van der Waals surface area contributed by atoms with Gasteiger partial charge in [-0.1, -0.05) is 29.0 Å². The van der Waals surface area contributed by atoms with Gasteiger partial charge in [-0.3, -0.25) is 9.69 Å². The van der Waals surface area contributed by atoms with E-state index >= 15 is 0 Å². The first kappa shape index (κ1) is 19.3. The highest BCUT2D eigenvalue weighted by atomic mass is 35.5. The van der Waals surface area contributed by atoms with Gasteiger partial charge in [-0.25, -0.2) is 4.98 Å². The molecule has 0 saturated heterocycles. The van der Waals surface area contributed by atoms with Crippen LogP contribution >= 0.6 is 34.3 Å². The molecule has 0 unspecified atom stereocenters. The molecule has 0 aliphatic heterocycles. The largest absolute Gasteiger partial charge is 0.309 e. The van der Waals surface area contributed by atoms with E-state index in [1.165, 1.54) is 0 Å². The number of aromatic nitrogens is 1. The quantitative estimate of drug-likeness (QED) is 0.561. The standard InChI is InChI=1S/C19H22ClN3OS2/c1-13-15(20)7-8-16-18(13)21-19(26-16)23(10-5-9-22(2)3)17(24)12-14-6-4-11-25-14/h4,6-8,11H,5,9-10,12H2,1-3H3. The molecule has 2 aromatic heterocycles. The number of thiazole rings is 1. The van der Waals surface area contributed by atoms with Crippen LogP contribution in [0.15, 0.2) is 29.6 Å². The Morgan fingerprint density at radius 2 is 2.04 bits per heavy atom. The van der Waals surface area contributed by atoms with Crippen molar-refractivity contribution in [3.63, 3.8) is 0 Å². The Bertz CT molecular complexity index is 890. The van der Waals surface area contributed by atoms with Gasteiger partial charge in [-0.2, -0.15) is 0 Å². The fraction of sp³-hybridized carbons (Fsp3) is 0.368. The van der Waals surface area contributed by atoms with Crippen LogP contribution in [0.3, 0.4) is 0 Å². The number of fused-ring (bicyclic) bond motifs is 1. The second kappa shape index (κ2) is 8.48. The molecule has 4 nitrogen and oxygen atoms in total. The van der Waals surface area contributed by atoms with Crippen molar-refractivity contribution >= 4 is 55.5 Å². The molecule has 1 aromatic carbocycles. The highest BCUT2D eigenvalue weighted by Gasteiger charge is 2.21. The van der Waals surface area contributed by atoms with Gasteiger partial charge in [-0.05, 0) is 63.1 Å². The zero-order valence-electron chi connectivity index (χ0n) is 15.2. The maximum atomic E-state index is 13.0. The molecule has 0 radical (unpaired) electrons. The van der Waals surface area contributed by atoms with E-state index in [1.54, 1.807) is 22.7 Å². The van der Waals surface area contributed by atoms with Gasteiger partial charge in [0.2, 0.25) is 5.91 Å². The Morgan fingerprint density at radius 3 is 2.73 bits per heavy atom. The molecule has 3 rings (SSSR count). The van der Waals surface area contributed by atoms with Crippen LogP contribution in [0.1, 0.15) is 16.9 Å². The number of benzene rings is 1.